The van der Waals surface area contributed by atoms with E-state index in [9.17, 15) is 28.4 Å². The average molecular weight is 534 g/mol. The first kappa shape index (κ1) is 32.8. The third-order valence-electron chi connectivity index (χ3n) is 4.70. The molecule has 0 aromatic heterocycles. The molecular weight excluding hydrogens is 504 g/mol. The van der Waals surface area contributed by atoms with Gasteiger partial charge < -0.3 is 28.4 Å². The Labute approximate surface area is 213 Å². The molecule has 3 rings (SSSR count). The van der Waals surface area contributed by atoms with Crippen molar-refractivity contribution in [3.63, 3.8) is 0 Å². The Balaban J connectivity index is 0.000000473. The summed E-state index contributed by atoms with van der Waals surface area (Å²) >= 11 is 0. The van der Waals surface area contributed by atoms with Crippen molar-refractivity contribution in [3.8, 4) is 0 Å². The van der Waals surface area contributed by atoms with E-state index in [0.717, 1.165) is 0 Å². The van der Waals surface area contributed by atoms with Crippen LogP contribution in [-0.2, 0) is 13.7 Å². The summed E-state index contributed by atoms with van der Waals surface area (Å²) in [4.78, 5) is 33.7. The van der Waals surface area contributed by atoms with Crippen LogP contribution in [0.5, 0.6) is 0 Å². The van der Waals surface area contributed by atoms with Crippen molar-refractivity contribution >= 4 is 55.4 Å². The molecule has 6 nitrogen and oxygen atoms in total. The van der Waals surface area contributed by atoms with Crippen molar-refractivity contribution in [3.05, 3.63) is 91.0 Å². The predicted octanol–water partition coefficient (Wildman–Crippen LogP) is 2.53. The molecule has 180 valence electrons. The monoisotopic (exact) mass is 534 g/mol. The maximum atomic E-state index is 11.2. The van der Waals surface area contributed by atoms with Crippen molar-refractivity contribution < 1.29 is 28.4 Å². The van der Waals surface area contributed by atoms with E-state index in [1.54, 1.807) is 112 Å². The zero-order valence-electron chi connectivity index (χ0n) is 19.7. The molecule has 0 N–H and O–H groups in total. The Morgan fingerprint density at radius 1 is 0.471 bits per heavy atom. The largest absolute Gasteiger partial charge is 3.00 e. The molecule has 0 aliphatic rings. The third kappa shape index (κ3) is 11.0. The van der Waals surface area contributed by atoms with Crippen LogP contribution in [0, 0.1) is 0 Å². The molecule has 34 heavy (non-hydrogen) atoms. The first-order valence-electron chi connectivity index (χ1n) is 10.6. The zero-order chi connectivity index (χ0) is 25.0. The van der Waals surface area contributed by atoms with E-state index in [2.05, 4.69) is 0 Å². The van der Waals surface area contributed by atoms with Gasteiger partial charge in [-0.3, -0.25) is 0 Å². The smallest absolute Gasteiger partial charge is 0.796 e. The standard InChI is InChI=1S/3C8H11O2P.Al/c3*1-2-11(9,10)8-6-4-3-5-7-8;/h3*3-7H,2H2,1H3,(H,9,10);/q;;;+3/p-3. The fourth-order valence-electron chi connectivity index (χ4n) is 2.51. The van der Waals surface area contributed by atoms with Gasteiger partial charge in [0.15, 0.2) is 0 Å². The molecule has 0 saturated carbocycles. The zero-order valence-corrected chi connectivity index (χ0v) is 23.5. The summed E-state index contributed by atoms with van der Waals surface area (Å²) in [6.07, 6.45) is 0.574. The van der Waals surface area contributed by atoms with Gasteiger partial charge in [-0.1, -0.05) is 112 Å². The fourth-order valence-corrected chi connectivity index (χ4v) is 5.49. The molecule has 0 aliphatic carbocycles. The second-order valence-electron chi connectivity index (χ2n) is 6.98. The molecule has 0 heterocycles. The van der Waals surface area contributed by atoms with E-state index in [-0.39, 0.29) is 35.8 Å². The predicted molar refractivity (Wildman–Crippen MR) is 138 cm³/mol. The molecule has 3 unspecified atom stereocenters. The quantitative estimate of drug-likeness (QED) is 0.354. The van der Waals surface area contributed by atoms with Gasteiger partial charge in [-0.15, -0.1) is 0 Å². The minimum absolute atomic E-state index is 0. The van der Waals surface area contributed by atoms with Crippen molar-refractivity contribution in [2.75, 3.05) is 18.5 Å². The summed E-state index contributed by atoms with van der Waals surface area (Å²) in [5.41, 5.74) is 0. The van der Waals surface area contributed by atoms with Gasteiger partial charge in [-0.25, -0.2) is 0 Å². The molecule has 0 radical (unpaired) electrons. The van der Waals surface area contributed by atoms with E-state index in [1.807, 2.05) is 0 Å². The molecule has 3 aromatic rings. The summed E-state index contributed by atoms with van der Waals surface area (Å²) in [6.45, 7) is 4.96. The van der Waals surface area contributed by atoms with Crippen LogP contribution in [0.15, 0.2) is 91.0 Å². The third-order valence-corrected chi connectivity index (χ3v) is 10.5. The Kier molecular flexibility index (Phi) is 15.1. The fraction of sp³-hybridized carbons (Fsp3) is 0.250. The second kappa shape index (κ2) is 15.7. The van der Waals surface area contributed by atoms with Crippen LogP contribution in [0.4, 0.5) is 0 Å². The summed E-state index contributed by atoms with van der Waals surface area (Å²) in [6, 6.07) is 25.5. The molecule has 3 atom stereocenters. The van der Waals surface area contributed by atoms with Gasteiger partial charge in [0.05, 0.1) is 0 Å². The SMILES string of the molecule is CCP(=O)([O-])c1ccccc1.CCP(=O)([O-])c1ccccc1.CCP(=O)([O-])c1ccccc1.[Al+3]. The van der Waals surface area contributed by atoms with Crippen LogP contribution < -0.4 is 30.6 Å². The average Bonchev–Trinajstić information content (AvgIpc) is 2.86. The molecule has 10 heteroatoms. The first-order valence-corrected chi connectivity index (χ1v) is 16.0. The Morgan fingerprint density at radius 2 is 0.647 bits per heavy atom. The molecule has 0 aliphatic heterocycles. The van der Waals surface area contributed by atoms with Crippen LogP contribution >= 0.6 is 22.1 Å². The molecule has 0 saturated heterocycles. The normalized spacial score (nSPS) is 15.4. The van der Waals surface area contributed by atoms with Gasteiger partial charge in [-0.2, -0.15) is 0 Å². The van der Waals surface area contributed by atoms with E-state index >= 15 is 0 Å². The first-order chi connectivity index (χ1) is 15.5. The molecule has 3 aromatic carbocycles. The Hall–Kier alpha value is -1.24. The van der Waals surface area contributed by atoms with E-state index < -0.39 is 22.1 Å². The molecule has 0 bridgehead atoms. The second-order valence-corrected chi connectivity index (χ2v) is 14.5. The van der Waals surface area contributed by atoms with Crippen LogP contribution in [0.2, 0.25) is 0 Å². The minimum atomic E-state index is -3.28. The van der Waals surface area contributed by atoms with Crippen LogP contribution in [-0.4, -0.2) is 35.8 Å². The minimum Gasteiger partial charge on any atom is -0.796 e. The number of hydrogen-bond acceptors (Lipinski definition) is 6. The van der Waals surface area contributed by atoms with Crippen LogP contribution in [0.3, 0.4) is 0 Å². The Morgan fingerprint density at radius 3 is 0.794 bits per heavy atom. The topological polar surface area (TPSA) is 120 Å². The van der Waals surface area contributed by atoms with Gasteiger partial charge >= 0.3 is 17.4 Å². The van der Waals surface area contributed by atoms with Crippen molar-refractivity contribution in [1.82, 2.24) is 0 Å². The summed E-state index contributed by atoms with van der Waals surface area (Å²) in [5.74, 6) is 0. The summed E-state index contributed by atoms with van der Waals surface area (Å²) in [5, 5.41) is 1.30. The van der Waals surface area contributed by atoms with Gasteiger partial charge in [0.1, 0.15) is 0 Å². The maximum Gasteiger partial charge on any atom is 3.00 e. The number of benzene rings is 3. The van der Waals surface area contributed by atoms with E-state index in [0.29, 0.717) is 15.9 Å². The Bertz CT molecular complexity index is 954. The van der Waals surface area contributed by atoms with E-state index in [4.69, 9.17) is 0 Å². The summed E-state index contributed by atoms with van der Waals surface area (Å²) < 4.78 is 33.7. The molecule has 0 amide bonds. The van der Waals surface area contributed by atoms with Gasteiger partial charge in [-0.05, 0) is 34.4 Å². The van der Waals surface area contributed by atoms with Crippen molar-refractivity contribution in [1.29, 1.82) is 0 Å². The summed E-state index contributed by atoms with van der Waals surface area (Å²) in [7, 11) is -9.83. The molecule has 0 spiro atoms. The van der Waals surface area contributed by atoms with Crippen molar-refractivity contribution in [2.24, 2.45) is 0 Å². The van der Waals surface area contributed by atoms with Crippen molar-refractivity contribution in [2.45, 2.75) is 20.8 Å². The maximum absolute atomic E-state index is 11.2. The van der Waals surface area contributed by atoms with E-state index in [1.165, 1.54) is 0 Å². The van der Waals surface area contributed by atoms with Gasteiger partial charge in [0, 0.05) is 22.1 Å². The van der Waals surface area contributed by atoms with Crippen LogP contribution in [0.25, 0.3) is 0 Å². The number of rotatable bonds is 6. The molecular formula is C24H30AlO6P3. The van der Waals surface area contributed by atoms with Gasteiger partial charge in [0.25, 0.3) is 0 Å². The van der Waals surface area contributed by atoms with Gasteiger partial charge in [0.2, 0.25) is 0 Å². The van der Waals surface area contributed by atoms with Crippen LogP contribution in [0.1, 0.15) is 20.8 Å². The molecule has 0 fully saturated rings. The number of hydrogen-bond donors (Lipinski definition) is 0.